The number of ether oxygens (including phenoxy) is 1. The summed E-state index contributed by atoms with van der Waals surface area (Å²) in [4.78, 5) is 0.273. The maximum Gasteiger partial charge on any atom is 0.229 e. The van der Waals surface area contributed by atoms with E-state index in [2.05, 4.69) is 10.0 Å². The molecule has 0 saturated heterocycles. The molecule has 3 aromatic carbocycles. The highest BCUT2D eigenvalue weighted by atomic mass is 32.2. The first-order valence-electron chi connectivity index (χ1n) is 10.7. The predicted octanol–water partition coefficient (Wildman–Crippen LogP) is 2.54. The number of phenolic OH excluding ortho intramolecular Hbond substituents is 1. The molecule has 0 saturated carbocycles. The molecule has 0 bridgehead atoms. The van der Waals surface area contributed by atoms with Crippen LogP contribution in [-0.4, -0.2) is 59.3 Å². The summed E-state index contributed by atoms with van der Waals surface area (Å²) in [6.45, 7) is 1.01. The highest BCUT2D eigenvalue weighted by Crippen LogP contribution is 2.28. The fraction of sp³-hybridized carbons (Fsp3) is 0.250. The number of anilines is 1. The molecule has 1 atom stereocenters. The number of benzene rings is 3. The van der Waals surface area contributed by atoms with Gasteiger partial charge in [-0.1, -0.05) is 30.3 Å². The van der Waals surface area contributed by atoms with Crippen LogP contribution in [-0.2, 0) is 19.9 Å². The summed E-state index contributed by atoms with van der Waals surface area (Å²) in [6.07, 6.45) is 1.24. The number of aliphatic hydroxyl groups excluding tert-OH is 1. The third-order valence-electron chi connectivity index (χ3n) is 5.06. The Kier molecular flexibility index (Phi) is 8.39. The molecule has 3 rings (SSSR count). The van der Waals surface area contributed by atoms with Crippen molar-refractivity contribution in [1.82, 2.24) is 5.32 Å². The molecule has 0 aliphatic rings. The third kappa shape index (κ3) is 7.96. The number of nitrogens with one attached hydrogen (secondary N) is 2. The lowest BCUT2D eigenvalue weighted by Gasteiger charge is -2.15. The minimum absolute atomic E-state index is 0.00201. The van der Waals surface area contributed by atoms with Crippen molar-refractivity contribution in [3.05, 3.63) is 72.3 Å². The van der Waals surface area contributed by atoms with E-state index < -0.39 is 26.0 Å². The van der Waals surface area contributed by atoms with Gasteiger partial charge in [0, 0.05) is 19.3 Å². The lowest BCUT2D eigenvalue weighted by atomic mass is 10.1. The van der Waals surface area contributed by atoms with Crippen molar-refractivity contribution in [2.75, 3.05) is 36.9 Å². The van der Waals surface area contributed by atoms with Gasteiger partial charge in [0.2, 0.25) is 10.0 Å². The van der Waals surface area contributed by atoms with Crippen molar-refractivity contribution in [3.63, 3.8) is 0 Å². The second kappa shape index (κ2) is 11.1. The molecule has 11 heteroatoms. The van der Waals surface area contributed by atoms with Crippen LogP contribution in [0.4, 0.5) is 5.69 Å². The summed E-state index contributed by atoms with van der Waals surface area (Å²) >= 11 is 0. The summed E-state index contributed by atoms with van der Waals surface area (Å²) in [7, 11) is -6.80. The molecular weight excluding hydrogens is 492 g/mol. The third-order valence-corrected chi connectivity index (χ3v) is 6.78. The van der Waals surface area contributed by atoms with Crippen LogP contribution in [0.5, 0.6) is 11.5 Å². The first kappa shape index (κ1) is 26.5. The summed E-state index contributed by atoms with van der Waals surface area (Å²) < 4.78 is 53.9. The van der Waals surface area contributed by atoms with Gasteiger partial charge in [-0.3, -0.25) is 4.72 Å². The summed E-state index contributed by atoms with van der Waals surface area (Å²) in [5, 5.41) is 23.2. The van der Waals surface area contributed by atoms with Gasteiger partial charge in [-0.05, 0) is 53.1 Å². The molecule has 0 heterocycles. The van der Waals surface area contributed by atoms with Gasteiger partial charge in [0.1, 0.15) is 18.1 Å². The van der Waals surface area contributed by atoms with E-state index in [1.54, 1.807) is 24.3 Å². The summed E-state index contributed by atoms with van der Waals surface area (Å²) in [6, 6.07) is 18.3. The van der Waals surface area contributed by atoms with Crippen LogP contribution in [0.25, 0.3) is 11.1 Å². The first-order valence-corrected chi connectivity index (χ1v) is 14.4. The Morgan fingerprint density at radius 3 is 2.06 bits per heavy atom. The van der Waals surface area contributed by atoms with E-state index in [0.717, 1.165) is 17.4 Å². The quantitative estimate of drug-likeness (QED) is 0.223. The van der Waals surface area contributed by atoms with Gasteiger partial charge in [0.25, 0.3) is 0 Å². The van der Waals surface area contributed by atoms with Crippen LogP contribution in [0, 0.1) is 0 Å². The fourth-order valence-electron chi connectivity index (χ4n) is 3.28. The molecule has 35 heavy (non-hydrogen) atoms. The van der Waals surface area contributed by atoms with E-state index in [1.165, 1.54) is 24.5 Å². The Hall–Kier alpha value is -3.12. The summed E-state index contributed by atoms with van der Waals surface area (Å²) in [5.41, 5.74) is 2.27. The highest BCUT2D eigenvalue weighted by Gasteiger charge is 2.13. The number of hydrogen-bond donors (Lipinski definition) is 4. The number of sulfonamides is 1. The van der Waals surface area contributed by atoms with E-state index >= 15 is 0 Å². The number of aliphatic hydroxyl groups is 1. The van der Waals surface area contributed by atoms with E-state index in [0.29, 0.717) is 24.5 Å². The van der Waals surface area contributed by atoms with Crippen LogP contribution in [0.15, 0.2) is 71.6 Å². The molecule has 0 aromatic heterocycles. The number of phenols is 1. The molecule has 4 N–H and O–H groups in total. The Bertz CT molecular complexity index is 1360. The van der Waals surface area contributed by atoms with Crippen molar-refractivity contribution in [3.8, 4) is 22.6 Å². The second-order valence-electron chi connectivity index (χ2n) is 8.04. The molecular formula is C24H28N2O7S2. The number of sulfone groups is 1. The molecule has 0 unspecified atom stereocenters. The Morgan fingerprint density at radius 2 is 1.49 bits per heavy atom. The smallest absolute Gasteiger partial charge is 0.229 e. The standard InChI is InChI=1S/C24H28N2O7S2/c1-34(29,30)21-10-5-18(6-11-21)17-3-8-20(9-4-17)33-14-13-25-16-24(28)19-7-12-23(27)22(15-19)26-35(2,31)32/h3-12,15,24-28H,13-14,16H2,1-2H3/t24-/m0/s1. The Labute approximate surface area is 205 Å². The summed E-state index contributed by atoms with van der Waals surface area (Å²) in [5.74, 6) is 0.434. The van der Waals surface area contributed by atoms with Gasteiger partial charge in [-0.25, -0.2) is 16.8 Å². The SMILES string of the molecule is CS(=O)(=O)Nc1cc([C@@H](O)CNCCOc2ccc(-c3ccc(S(C)(=O)=O)cc3)cc2)ccc1O. The van der Waals surface area contributed by atoms with Crippen LogP contribution in [0.3, 0.4) is 0 Å². The lowest BCUT2D eigenvalue weighted by molar-refractivity contribution is 0.172. The van der Waals surface area contributed by atoms with Gasteiger partial charge >= 0.3 is 0 Å². The minimum atomic E-state index is -3.56. The Balaban J connectivity index is 1.46. The molecule has 0 amide bonds. The normalized spacial score (nSPS) is 12.8. The maximum absolute atomic E-state index is 11.6. The van der Waals surface area contributed by atoms with Crippen molar-refractivity contribution in [2.45, 2.75) is 11.0 Å². The van der Waals surface area contributed by atoms with Crippen LogP contribution in [0.2, 0.25) is 0 Å². The van der Waals surface area contributed by atoms with E-state index in [9.17, 15) is 27.0 Å². The van der Waals surface area contributed by atoms with Crippen LogP contribution >= 0.6 is 0 Å². The van der Waals surface area contributed by atoms with Gasteiger partial charge < -0.3 is 20.3 Å². The molecule has 0 aliphatic heterocycles. The van der Waals surface area contributed by atoms with Crippen LogP contribution < -0.4 is 14.8 Å². The lowest BCUT2D eigenvalue weighted by Crippen LogP contribution is -2.26. The minimum Gasteiger partial charge on any atom is -0.506 e. The molecule has 3 aromatic rings. The zero-order chi connectivity index (χ0) is 25.6. The van der Waals surface area contributed by atoms with Crippen molar-refractivity contribution in [1.29, 1.82) is 0 Å². The average Bonchev–Trinajstić information content (AvgIpc) is 2.79. The monoisotopic (exact) mass is 520 g/mol. The van der Waals surface area contributed by atoms with E-state index in [-0.39, 0.29) is 22.9 Å². The van der Waals surface area contributed by atoms with E-state index in [4.69, 9.17) is 4.74 Å². The number of hydrogen-bond acceptors (Lipinski definition) is 8. The second-order valence-corrected chi connectivity index (χ2v) is 11.8. The zero-order valence-corrected chi connectivity index (χ0v) is 20.9. The number of aromatic hydroxyl groups is 1. The van der Waals surface area contributed by atoms with Crippen molar-refractivity contribution >= 4 is 25.5 Å². The maximum atomic E-state index is 11.6. The van der Waals surface area contributed by atoms with Crippen molar-refractivity contribution < 1.29 is 31.8 Å². The fourth-order valence-corrected chi connectivity index (χ4v) is 4.47. The molecule has 0 spiro atoms. The molecule has 0 aliphatic carbocycles. The molecule has 188 valence electrons. The molecule has 0 radical (unpaired) electrons. The first-order chi connectivity index (χ1) is 16.4. The average molecular weight is 521 g/mol. The molecule has 9 nitrogen and oxygen atoms in total. The van der Waals surface area contributed by atoms with E-state index in [1.807, 2.05) is 24.3 Å². The van der Waals surface area contributed by atoms with Gasteiger partial charge in [0.15, 0.2) is 9.84 Å². The largest absolute Gasteiger partial charge is 0.506 e. The Morgan fingerprint density at radius 1 is 0.886 bits per heavy atom. The number of rotatable bonds is 11. The van der Waals surface area contributed by atoms with Gasteiger partial charge in [0.05, 0.1) is 22.9 Å². The zero-order valence-electron chi connectivity index (χ0n) is 19.3. The topological polar surface area (TPSA) is 142 Å². The predicted molar refractivity (Wildman–Crippen MR) is 135 cm³/mol. The highest BCUT2D eigenvalue weighted by molar-refractivity contribution is 7.92. The van der Waals surface area contributed by atoms with Gasteiger partial charge in [-0.2, -0.15) is 0 Å². The van der Waals surface area contributed by atoms with Crippen molar-refractivity contribution in [2.24, 2.45) is 0 Å². The molecule has 0 fully saturated rings. The van der Waals surface area contributed by atoms with Crippen LogP contribution in [0.1, 0.15) is 11.7 Å². The van der Waals surface area contributed by atoms with Gasteiger partial charge in [-0.15, -0.1) is 0 Å².